The van der Waals surface area contributed by atoms with E-state index in [0.717, 1.165) is 32.2 Å². The maximum absolute atomic E-state index is 11.5. The van der Waals surface area contributed by atoms with Gasteiger partial charge in [-0.2, -0.15) is 0 Å². The first-order valence-corrected chi connectivity index (χ1v) is 5.45. The lowest BCUT2D eigenvalue weighted by Crippen LogP contribution is -2.37. The first kappa shape index (κ1) is 9.56. The van der Waals surface area contributed by atoms with Gasteiger partial charge >= 0.3 is 6.09 Å². The number of carbonyl (C=O) groups excluding carboxylic acids is 1. The topological polar surface area (TPSA) is 29.5 Å². The van der Waals surface area contributed by atoms with Gasteiger partial charge in [-0.3, -0.25) is 0 Å². The number of carbonyl (C=O) groups is 1. The molecule has 0 spiro atoms. The number of nitrogens with zero attached hydrogens (tertiary/aromatic N) is 1. The van der Waals surface area contributed by atoms with E-state index < -0.39 is 0 Å². The first-order chi connectivity index (χ1) is 6.83. The molecule has 0 aliphatic carbocycles. The lowest BCUT2D eigenvalue weighted by molar-refractivity contribution is 0.127. The maximum atomic E-state index is 11.5. The third kappa shape index (κ3) is 1.63. The van der Waals surface area contributed by atoms with Crippen molar-refractivity contribution in [2.75, 3.05) is 6.54 Å². The Hall–Kier alpha value is -0.990. The number of rotatable bonds is 1. The molecule has 0 saturated carbocycles. The Kier molecular flexibility index (Phi) is 2.75. The summed E-state index contributed by atoms with van der Waals surface area (Å²) in [4.78, 5) is 13.4. The highest BCUT2D eigenvalue weighted by Gasteiger charge is 2.39. The summed E-state index contributed by atoms with van der Waals surface area (Å²) in [5, 5.41) is 0. The summed E-state index contributed by atoms with van der Waals surface area (Å²) >= 11 is 0. The van der Waals surface area contributed by atoms with E-state index in [2.05, 4.69) is 19.1 Å². The van der Waals surface area contributed by atoms with E-state index >= 15 is 0 Å². The Morgan fingerprint density at radius 1 is 1.57 bits per heavy atom. The van der Waals surface area contributed by atoms with Crippen LogP contribution in [0.2, 0.25) is 0 Å². The average Bonchev–Trinajstić information content (AvgIpc) is 2.41. The van der Waals surface area contributed by atoms with Gasteiger partial charge in [0.15, 0.2) is 0 Å². The first-order valence-electron chi connectivity index (χ1n) is 5.45. The van der Waals surface area contributed by atoms with E-state index in [9.17, 15) is 4.79 Å². The molecule has 2 heterocycles. The zero-order chi connectivity index (χ0) is 9.97. The number of cyclic esters (lactones) is 1. The van der Waals surface area contributed by atoms with Crippen LogP contribution in [0.5, 0.6) is 0 Å². The van der Waals surface area contributed by atoms with Crippen molar-refractivity contribution in [2.24, 2.45) is 0 Å². The van der Waals surface area contributed by atoms with Crippen molar-refractivity contribution in [1.29, 1.82) is 0 Å². The molecule has 1 saturated heterocycles. The molecule has 0 aromatic heterocycles. The van der Waals surface area contributed by atoms with Crippen LogP contribution in [-0.4, -0.2) is 29.7 Å². The van der Waals surface area contributed by atoms with Gasteiger partial charge in [-0.1, -0.05) is 19.1 Å². The standard InChI is InChI=1S/C11H17NO2/c1-2-10-9-7-5-3-4-6-8-12(9)11(13)14-10/h3,5,9-10H,2,4,6-8H2,1H3/b5-3-/t9-,10-/m0/s1. The minimum atomic E-state index is -0.114. The molecule has 0 bridgehead atoms. The maximum Gasteiger partial charge on any atom is 0.410 e. The zero-order valence-corrected chi connectivity index (χ0v) is 8.61. The molecule has 2 aliphatic heterocycles. The van der Waals surface area contributed by atoms with Gasteiger partial charge in [0.05, 0.1) is 6.04 Å². The Morgan fingerprint density at radius 3 is 3.21 bits per heavy atom. The quantitative estimate of drug-likeness (QED) is 0.601. The summed E-state index contributed by atoms with van der Waals surface area (Å²) in [7, 11) is 0. The number of hydrogen-bond acceptors (Lipinski definition) is 2. The summed E-state index contributed by atoms with van der Waals surface area (Å²) in [6.07, 6.45) is 8.38. The van der Waals surface area contributed by atoms with Crippen LogP contribution in [0.4, 0.5) is 4.79 Å². The van der Waals surface area contributed by atoms with E-state index in [0.29, 0.717) is 0 Å². The summed E-state index contributed by atoms with van der Waals surface area (Å²) in [6, 6.07) is 0.282. The summed E-state index contributed by atoms with van der Waals surface area (Å²) in [5.74, 6) is 0. The molecule has 78 valence electrons. The number of fused-ring (bicyclic) bond motifs is 1. The molecule has 0 aromatic rings. The Labute approximate surface area is 84.7 Å². The van der Waals surface area contributed by atoms with E-state index in [1.54, 1.807) is 0 Å². The molecule has 2 aliphatic rings. The van der Waals surface area contributed by atoms with Crippen LogP contribution >= 0.6 is 0 Å². The van der Waals surface area contributed by atoms with E-state index in [-0.39, 0.29) is 18.2 Å². The van der Waals surface area contributed by atoms with E-state index in [1.807, 2.05) is 4.90 Å². The number of hydrogen-bond donors (Lipinski definition) is 0. The SMILES string of the molecule is CC[C@@H]1OC(=O)N2CCC/C=C\C[C@@H]12. The van der Waals surface area contributed by atoms with Gasteiger partial charge in [0.2, 0.25) is 0 Å². The fourth-order valence-electron chi connectivity index (χ4n) is 2.24. The average molecular weight is 195 g/mol. The molecule has 1 fully saturated rings. The predicted molar refractivity (Wildman–Crippen MR) is 54.0 cm³/mol. The van der Waals surface area contributed by atoms with Crippen LogP contribution in [0, 0.1) is 0 Å². The number of ether oxygens (including phenoxy) is 1. The Balaban J connectivity index is 2.13. The highest BCUT2D eigenvalue weighted by molar-refractivity contribution is 5.70. The molecule has 1 amide bonds. The molecular weight excluding hydrogens is 178 g/mol. The van der Waals surface area contributed by atoms with Gasteiger partial charge in [-0.05, 0) is 25.7 Å². The molecule has 14 heavy (non-hydrogen) atoms. The van der Waals surface area contributed by atoms with Gasteiger partial charge in [-0.15, -0.1) is 0 Å². The molecule has 2 rings (SSSR count). The van der Waals surface area contributed by atoms with Gasteiger partial charge in [-0.25, -0.2) is 4.79 Å². The second-order valence-corrected chi connectivity index (χ2v) is 3.94. The second-order valence-electron chi connectivity index (χ2n) is 3.94. The van der Waals surface area contributed by atoms with Gasteiger partial charge < -0.3 is 9.64 Å². The fourth-order valence-corrected chi connectivity index (χ4v) is 2.24. The fraction of sp³-hybridized carbons (Fsp3) is 0.727. The monoisotopic (exact) mass is 195 g/mol. The molecular formula is C11H17NO2. The Bertz CT molecular complexity index is 250. The lowest BCUT2D eigenvalue weighted by Gasteiger charge is -2.24. The normalized spacial score (nSPS) is 34.4. The van der Waals surface area contributed by atoms with Crippen molar-refractivity contribution < 1.29 is 9.53 Å². The third-order valence-corrected chi connectivity index (χ3v) is 3.03. The highest BCUT2D eigenvalue weighted by atomic mass is 16.6. The molecule has 0 unspecified atom stereocenters. The molecule has 0 radical (unpaired) electrons. The van der Waals surface area contributed by atoms with Crippen LogP contribution in [-0.2, 0) is 4.74 Å². The zero-order valence-electron chi connectivity index (χ0n) is 8.61. The van der Waals surface area contributed by atoms with Gasteiger partial charge in [0.25, 0.3) is 0 Å². The highest BCUT2D eigenvalue weighted by Crippen LogP contribution is 2.26. The molecule has 2 atom stereocenters. The summed E-state index contributed by atoms with van der Waals surface area (Å²) in [5.41, 5.74) is 0. The van der Waals surface area contributed by atoms with Crippen LogP contribution in [0.1, 0.15) is 32.6 Å². The van der Waals surface area contributed by atoms with Crippen LogP contribution in [0.15, 0.2) is 12.2 Å². The molecule has 3 heteroatoms. The van der Waals surface area contributed by atoms with Crippen molar-refractivity contribution in [3.63, 3.8) is 0 Å². The Morgan fingerprint density at radius 2 is 2.43 bits per heavy atom. The van der Waals surface area contributed by atoms with Gasteiger partial charge in [0, 0.05) is 6.54 Å². The minimum Gasteiger partial charge on any atom is -0.444 e. The van der Waals surface area contributed by atoms with Crippen molar-refractivity contribution in [3.8, 4) is 0 Å². The van der Waals surface area contributed by atoms with Crippen molar-refractivity contribution in [1.82, 2.24) is 4.90 Å². The number of amides is 1. The largest absolute Gasteiger partial charge is 0.444 e. The second kappa shape index (κ2) is 4.03. The molecule has 0 aromatic carbocycles. The summed E-state index contributed by atoms with van der Waals surface area (Å²) in [6.45, 7) is 2.92. The van der Waals surface area contributed by atoms with E-state index in [4.69, 9.17) is 4.74 Å². The van der Waals surface area contributed by atoms with Crippen LogP contribution in [0.25, 0.3) is 0 Å². The van der Waals surface area contributed by atoms with Crippen molar-refractivity contribution in [3.05, 3.63) is 12.2 Å². The predicted octanol–water partition coefficient (Wildman–Crippen LogP) is 2.33. The lowest BCUT2D eigenvalue weighted by atomic mass is 10.0. The smallest absolute Gasteiger partial charge is 0.410 e. The van der Waals surface area contributed by atoms with Crippen LogP contribution < -0.4 is 0 Å². The van der Waals surface area contributed by atoms with E-state index in [1.165, 1.54) is 0 Å². The van der Waals surface area contributed by atoms with Crippen molar-refractivity contribution in [2.45, 2.75) is 44.8 Å². The van der Waals surface area contributed by atoms with Gasteiger partial charge in [0.1, 0.15) is 6.10 Å². The summed E-state index contributed by atoms with van der Waals surface area (Å²) < 4.78 is 5.32. The molecule has 0 N–H and O–H groups in total. The molecule has 3 nitrogen and oxygen atoms in total. The number of allylic oxidation sites excluding steroid dienone is 1. The minimum absolute atomic E-state index is 0.102. The van der Waals surface area contributed by atoms with Crippen molar-refractivity contribution >= 4 is 6.09 Å². The third-order valence-electron chi connectivity index (χ3n) is 3.03. The van der Waals surface area contributed by atoms with Crippen LogP contribution in [0.3, 0.4) is 0 Å².